The number of nitrogens with one attached hydrogen (secondary N) is 1. The summed E-state index contributed by atoms with van der Waals surface area (Å²) in [6.45, 7) is 6.59. The first-order valence-electron chi connectivity index (χ1n) is 8.85. The zero-order valence-electron chi connectivity index (χ0n) is 15.1. The Labute approximate surface area is 153 Å². The Morgan fingerprint density at radius 1 is 1.16 bits per heavy atom. The van der Waals surface area contributed by atoms with Gasteiger partial charge in [-0.05, 0) is 54.9 Å². The molecular formula is C20H25NO3S. The van der Waals surface area contributed by atoms with E-state index in [0.29, 0.717) is 12.5 Å². The van der Waals surface area contributed by atoms with Gasteiger partial charge in [-0.2, -0.15) is 11.8 Å². The van der Waals surface area contributed by atoms with Crippen LogP contribution in [0, 0.1) is 32.6 Å². The lowest BCUT2D eigenvalue weighted by Crippen LogP contribution is -2.36. The molecule has 1 saturated heterocycles. The SMILES string of the molecule is Cc1cc(C)c(C2C(=O)CC(CC(=O)NCC3CSC3)C2=O)c(C)c1. The summed E-state index contributed by atoms with van der Waals surface area (Å²) in [4.78, 5) is 37.5. The van der Waals surface area contributed by atoms with Crippen molar-refractivity contribution in [3.05, 3.63) is 34.4 Å². The molecule has 3 rings (SSSR count). The number of ketones is 2. The first-order valence-corrected chi connectivity index (χ1v) is 10.0. The minimum absolute atomic E-state index is 0.0479. The fraction of sp³-hybridized carbons (Fsp3) is 0.550. The largest absolute Gasteiger partial charge is 0.356 e. The summed E-state index contributed by atoms with van der Waals surface area (Å²) in [7, 11) is 0. The summed E-state index contributed by atoms with van der Waals surface area (Å²) in [5, 5.41) is 2.92. The Balaban J connectivity index is 1.69. The van der Waals surface area contributed by atoms with Crippen molar-refractivity contribution >= 4 is 29.2 Å². The third-order valence-electron chi connectivity index (χ3n) is 5.21. The number of thioether (sulfide) groups is 1. The molecule has 5 heteroatoms. The van der Waals surface area contributed by atoms with Crippen LogP contribution >= 0.6 is 11.8 Å². The van der Waals surface area contributed by atoms with Crippen molar-refractivity contribution in [1.29, 1.82) is 0 Å². The normalized spacial score (nSPS) is 23.6. The number of carbonyl (C=O) groups is 3. The fourth-order valence-electron chi connectivity index (χ4n) is 3.93. The highest BCUT2D eigenvalue weighted by molar-refractivity contribution is 8.00. The lowest BCUT2D eigenvalue weighted by molar-refractivity contribution is -0.128. The van der Waals surface area contributed by atoms with Gasteiger partial charge in [-0.25, -0.2) is 0 Å². The fourth-order valence-corrected chi connectivity index (χ4v) is 4.74. The average molecular weight is 359 g/mol. The summed E-state index contributed by atoms with van der Waals surface area (Å²) in [6, 6.07) is 4.03. The Morgan fingerprint density at radius 2 is 1.80 bits per heavy atom. The maximum absolute atomic E-state index is 12.8. The van der Waals surface area contributed by atoms with Crippen LogP contribution in [0.25, 0.3) is 0 Å². The molecule has 1 heterocycles. The van der Waals surface area contributed by atoms with E-state index in [-0.39, 0.29) is 30.3 Å². The molecule has 25 heavy (non-hydrogen) atoms. The van der Waals surface area contributed by atoms with Crippen molar-refractivity contribution in [2.24, 2.45) is 11.8 Å². The molecule has 1 aliphatic heterocycles. The second kappa shape index (κ2) is 7.32. The van der Waals surface area contributed by atoms with Gasteiger partial charge < -0.3 is 5.32 Å². The number of amides is 1. The quantitative estimate of drug-likeness (QED) is 0.821. The molecule has 0 aromatic heterocycles. The van der Waals surface area contributed by atoms with Gasteiger partial charge in [0.05, 0.1) is 0 Å². The number of Topliss-reactive ketones (excluding diaryl/α,β-unsaturated/α-hetero) is 2. The number of rotatable bonds is 5. The number of hydrogen-bond donors (Lipinski definition) is 1. The summed E-state index contributed by atoms with van der Waals surface area (Å²) < 4.78 is 0. The lowest BCUT2D eigenvalue weighted by Gasteiger charge is -2.25. The molecule has 1 aliphatic carbocycles. The second-order valence-corrected chi connectivity index (χ2v) is 8.50. The minimum atomic E-state index is -0.693. The number of aryl methyl sites for hydroxylation is 3. The van der Waals surface area contributed by atoms with Gasteiger partial charge in [-0.1, -0.05) is 17.7 Å². The van der Waals surface area contributed by atoms with E-state index in [0.717, 1.165) is 33.8 Å². The first kappa shape index (κ1) is 18.2. The molecule has 2 atom stereocenters. The molecule has 4 nitrogen and oxygen atoms in total. The minimum Gasteiger partial charge on any atom is -0.356 e. The van der Waals surface area contributed by atoms with Gasteiger partial charge in [-0.15, -0.1) is 0 Å². The van der Waals surface area contributed by atoms with Crippen molar-refractivity contribution < 1.29 is 14.4 Å². The van der Waals surface area contributed by atoms with Gasteiger partial charge in [0, 0.05) is 25.3 Å². The molecule has 134 valence electrons. The van der Waals surface area contributed by atoms with Crippen LogP contribution in [0.3, 0.4) is 0 Å². The summed E-state index contributed by atoms with van der Waals surface area (Å²) >= 11 is 1.88. The predicted octanol–water partition coefficient (Wildman–Crippen LogP) is 2.72. The maximum atomic E-state index is 12.8. The highest BCUT2D eigenvalue weighted by Crippen LogP contribution is 2.37. The molecule has 0 bridgehead atoms. The van der Waals surface area contributed by atoms with Gasteiger partial charge in [0.25, 0.3) is 0 Å². The third-order valence-corrected chi connectivity index (χ3v) is 6.62. The van der Waals surface area contributed by atoms with Crippen molar-refractivity contribution in [1.82, 2.24) is 5.32 Å². The van der Waals surface area contributed by atoms with E-state index in [2.05, 4.69) is 5.32 Å². The van der Waals surface area contributed by atoms with E-state index in [9.17, 15) is 14.4 Å². The van der Waals surface area contributed by atoms with Crippen molar-refractivity contribution in [3.63, 3.8) is 0 Å². The predicted molar refractivity (Wildman–Crippen MR) is 100.0 cm³/mol. The van der Waals surface area contributed by atoms with E-state index >= 15 is 0 Å². The summed E-state index contributed by atoms with van der Waals surface area (Å²) in [5.74, 6) is 1.32. The molecular weight excluding hydrogens is 334 g/mol. The monoisotopic (exact) mass is 359 g/mol. The van der Waals surface area contributed by atoms with Crippen LogP contribution in [-0.2, 0) is 14.4 Å². The van der Waals surface area contributed by atoms with E-state index < -0.39 is 11.8 Å². The number of benzene rings is 1. The van der Waals surface area contributed by atoms with Gasteiger partial charge in [0.1, 0.15) is 11.7 Å². The van der Waals surface area contributed by atoms with Gasteiger partial charge in [0.2, 0.25) is 5.91 Å². The molecule has 2 unspecified atom stereocenters. The number of hydrogen-bond acceptors (Lipinski definition) is 4. The average Bonchev–Trinajstić information content (AvgIpc) is 2.72. The smallest absolute Gasteiger partial charge is 0.220 e. The molecule has 1 aromatic rings. The zero-order valence-corrected chi connectivity index (χ0v) is 15.9. The Kier molecular flexibility index (Phi) is 5.32. The lowest BCUT2D eigenvalue weighted by atomic mass is 9.86. The van der Waals surface area contributed by atoms with Crippen LogP contribution in [0.2, 0.25) is 0 Å². The molecule has 1 aromatic carbocycles. The van der Waals surface area contributed by atoms with Crippen LogP contribution in [0.4, 0.5) is 0 Å². The van der Waals surface area contributed by atoms with Crippen molar-refractivity contribution in [3.8, 4) is 0 Å². The molecule has 1 N–H and O–H groups in total. The molecule has 2 aliphatic rings. The van der Waals surface area contributed by atoms with Crippen LogP contribution in [0.15, 0.2) is 12.1 Å². The highest BCUT2D eigenvalue weighted by atomic mass is 32.2. The van der Waals surface area contributed by atoms with Gasteiger partial charge in [-0.3, -0.25) is 14.4 Å². The van der Waals surface area contributed by atoms with Crippen LogP contribution in [-0.4, -0.2) is 35.5 Å². The highest BCUT2D eigenvalue weighted by Gasteiger charge is 2.43. The van der Waals surface area contributed by atoms with Crippen LogP contribution in [0.1, 0.15) is 41.0 Å². The molecule has 0 spiro atoms. The molecule has 2 fully saturated rings. The van der Waals surface area contributed by atoms with Gasteiger partial charge in [0.15, 0.2) is 5.78 Å². The Morgan fingerprint density at radius 3 is 2.36 bits per heavy atom. The zero-order chi connectivity index (χ0) is 18.1. The van der Waals surface area contributed by atoms with Crippen LogP contribution < -0.4 is 5.32 Å². The topological polar surface area (TPSA) is 63.2 Å². The van der Waals surface area contributed by atoms with E-state index in [4.69, 9.17) is 0 Å². The molecule has 1 amide bonds. The van der Waals surface area contributed by atoms with Gasteiger partial charge >= 0.3 is 0 Å². The third kappa shape index (κ3) is 3.81. The van der Waals surface area contributed by atoms with E-state index in [1.54, 1.807) is 0 Å². The summed E-state index contributed by atoms with van der Waals surface area (Å²) in [5.41, 5.74) is 3.94. The summed E-state index contributed by atoms with van der Waals surface area (Å²) in [6.07, 6.45) is 0.313. The first-order chi connectivity index (χ1) is 11.9. The molecule has 0 radical (unpaired) electrons. The number of carbonyl (C=O) groups excluding carboxylic acids is 3. The Bertz CT molecular complexity index is 701. The van der Waals surface area contributed by atoms with Crippen molar-refractivity contribution in [2.75, 3.05) is 18.1 Å². The second-order valence-electron chi connectivity index (χ2n) is 7.43. The van der Waals surface area contributed by atoms with Crippen molar-refractivity contribution in [2.45, 2.75) is 39.5 Å². The maximum Gasteiger partial charge on any atom is 0.220 e. The van der Waals surface area contributed by atoms with E-state index in [1.807, 2.05) is 44.7 Å². The standard InChI is InChI=1S/C20H25NO3S/c1-11-4-12(2)18(13(3)5-11)19-16(22)6-15(20(19)24)7-17(23)21-8-14-9-25-10-14/h4-5,14-15,19H,6-10H2,1-3H3,(H,21,23). The van der Waals surface area contributed by atoms with E-state index in [1.165, 1.54) is 0 Å². The van der Waals surface area contributed by atoms with Crippen LogP contribution in [0.5, 0.6) is 0 Å². The Hall–Kier alpha value is -1.62. The molecule has 1 saturated carbocycles.